The maximum absolute atomic E-state index is 12.9. The van der Waals surface area contributed by atoms with Gasteiger partial charge in [0.15, 0.2) is 5.78 Å². The van der Waals surface area contributed by atoms with Gasteiger partial charge in [-0.05, 0) is 50.1 Å². The first kappa shape index (κ1) is 20.5. The molecule has 28 heavy (non-hydrogen) atoms. The zero-order valence-corrected chi connectivity index (χ0v) is 17.0. The maximum Gasteiger partial charge on any atom is 0.257 e. The molecule has 0 aliphatic carbocycles. The van der Waals surface area contributed by atoms with Crippen LogP contribution >= 0.6 is 11.6 Å². The van der Waals surface area contributed by atoms with Crippen LogP contribution in [0.4, 0.5) is 5.69 Å². The molecule has 1 aliphatic heterocycles. The highest BCUT2D eigenvalue weighted by molar-refractivity contribution is 7.89. The van der Waals surface area contributed by atoms with Crippen molar-refractivity contribution in [2.75, 3.05) is 18.4 Å². The molecule has 0 bridgehead atoms. The van der Waals surface area contributed by atoms with Crippen LogP contribution in [0.25, 0.3) is 0 Å². The van der Waals surface area contributed by atoms with Crippen LogP contribution in [-0.2, 0) is 10.0 Å². The zero-order valence-electron chi connectivity index (χ0n) is 15.4. The second-order valence-electron chi connectivity index (χ2n) is 6.66. The van der Waals surface area contributed by atoms with Crippen LogP contribution in [0.3, 0.4) is 0 Å². The zero-order chi connectivity index (χ0) is 20.3. The summed E-state index contributed by atoms with van der Waals surface area (Å²) >= 11 is 6.16. The lowest BCUT2D eigenvalue weighted by Gasteiger charge is -2.26. The van der Waals surface area contributed by atoms with Crippen LogP contribution in [-0.4, -0.2) is 37.5 Å². The number of piperidine rings is 1. The molecule has 0 radical (unpaired) electrons. The molecule has 6 nitrogen and oxygen atoms in total. The highest BCUT2D eigenvalue weighted by atomic mass is 35.5. The number of Topliss-reactive ketones (excluding diaryl/α,β-unsaturated/α-hetero) is 1. The molecule has 3 rings (SSSR count). The van der Waals surface area contributed by atoms with E-state index in [4.69, 9.17) is 11.6 Å². The van der Waals surface area contributed by atoms with E-state index < -0.39 is 15.9 Å². The second kappa shape index (κ2) is 8.43. The van der Waals surface area contributed by atoms with Gasteiger partial charge in [0.1, 0.15) is 0 Å². The van der Waals surface area contributed by atoms with Crippen LogP contribution in [0.5, 0.6) is 0 Å². The molecule has 2 aromatic carbocycles. The smallest absolute Gasteiger partial charge is 0.257 e. The molecule has 1 heterocycles. The summed E-state index contributed by atoms with van der Waals surface area (Å²) in [6, 6.07) is 10.7. The quantitative estimate of drug-likeness (QED) is 0.742. The van der Waals surface area contributed by atoms with Crippen LogP contribution in [0.15, 0.2) is 47.4 Å². The van der Waals surface area contributed by atoms with E-state index in [0.29, 0.717) is 24.3 Å². The van der Waals surface area contributed by atoms with Gasteiger partial charge in [0, 0.05) is 18.7 Å². The predicted molar refractivity (Wildman–Crippen MR) is 108 cm³/mol. The van der Waals surface area contributed by atoms with Gasteiger partial charge in [-0.3, -0.25) is 9.59 Å². The second-order valence-corrected chi connectivity index (χ2v) is 9.01. The Morgan fingerprint density at radius 1 is 1.00 bits per heavy atom. The van der Waals surface area contributed by atoms with Crippen molar-refractivity contribution in [1.29, 1.82) is 0 Å². The number of hydrogen-bond donors (Lipinski definition) is 1. The van der Waals surface area contributed by atoms with Gasteiger partial charge in [-0.15, -0.1) is 0 Å². The van der Waals surface area contributed by atoms with Crippen LogP contribution in [0.2, 0.25) is 5.02 Å². The van der Waals surface area contributed by atoms with Crippen molar-refractivity contribution in [3.8, 4) is 0 Å². The Kier molecular flexibility index (Phi) is 6.17. The number of sulfonamides is 1. The Morgan fingerprint density at radius 2 is 1.68 bits per heavy atom. The summed E-state index contributed by atoms with van der Waals surface area (Å²) in [5.41, 5.74) is 0.752. The fourth-order valence-electron chi connectivity index (χ4n) is 3.18. The van der Waals surface area contributed by atoms with Gasteiger partial charge in [-0.2, -0.15) is 4.31 Å². The summed E-state index contributed by atoms with van der Waals surface area (Å²) in [5, 5.41) is 2.79. The number of benzene rings is 2. The number of nitrogens with zero attached hydrogens (tertiary/aromatic N) is 1. The number of ketones is 1. The third-order valence-electron chi connectivity index (χ3n) is 4.69. The molecule has 0 unspecified atom stereocenters. The number of amides is 1. The molecule has 1 fully saturated rings. The van der Waals surface area contributed by atoms with Crippen molar-refractivity contribution in [3.63, 3.8) is 0 Å². The van der Waals surface area contributed by atoms with Gasteiger partial charge in [0.25, 0.3) is 5.91 Å². The minimum atomic E-state index is -3.69. The first-order valence-electron chi connectivity index (χ1n) is 9.02. The van der Waals surface area contributed by atoms with Crippen molar-refractivity contribution in [2.24, 2.45) is 0 Å². The molecule has 148 valence electrons. The Balaban J connectivity index is 1.91. The molecule has 1 N–H and O–H groups in total. The largest absolute Gasteiger partial charge is 0.321 e. The number of carbonyl (C=O) groups is 2. The third kappa shape index (κ3) is 4.27. The summed E-state index contributed by atoms with van der Waals surface area (Å²) in [6.45, 7) is 2.35. The summed E-state index contributed by atoms with van der Waals surface area (Å²) in [5.74, 6) is -0.766. The number of anilines is 1. The Hall–Kier alpha value is -2.22. The predicted octanol–water partition coefficient (Wildman–Crippen LogP) is 3.97. The number of hydrogen-bond acceptors (Lipinski definition) is 4. The number of halogens is 1. The van der Waals surface area contributed by atoms with Gasteiger partial charge >= 0.3 is 0 Å². The topological polar surface area (TPSA) is 83.5 Å². The summed E-state index contributed by atoms with van der Waals surface area (Å²) < 4.78 is 27.2. The normalized spacial score (nSPS) is 15.2. The number of para-hydroxylation sites is 1. The SMILES string of the molecule is CC(=O)c1ccccc1NC(=O)c1cc(S(=O)(=O)N2CCCCC2)ccc1Cl. The average molecular weight is 421 g/mol. The molecule has 0 atom stereocenters. The standard InChI is InChI=1S/C20H21ClN2O4S/c1-14(24)16-7-3-4-8-19(16)22-20(25)17-13-15(9-10-18(17)21)28(26,27)23-11-5-2-6-12-23/h3-4,7-10,13H,2,5-6,11-12H2,1H3,(H,22,25). The summed E-state index contributed by atoms with van der Waals surface area (Å²) in [4.78, 5) is 24.5. The van der Waals surface area contributed by atoms with Crippen LogP contribution in [0, 0.1) is 0 Å². The molecule has 1 saturated heterocycles. The summed E-state index contributed by atoms with van der Waals surface area (Å²) in [6.07, 6.45) is 2.65. The molecule has 2 aromatic rings. The molecular formula is C20H21ClN2O4S. The highest BCUT2D eigenvalue weighted by Gasteiger charge is 2.27. The van der Waals surface area contributed by atoms with E-state index >= 15 is 0 Å². The number of rotatable bonds is 5. The number of nitrogens with one attached hydrogen (secondary N) is 1. The van der Waals surface area contributed by atoms with Crippen molar-refractivity contribution >= 4 is 39.0 Å². The third-order valence-corrected chi connectivity index (χ3v) is 6.91. The van der Waals surface area contributed by atoms with E-state index in [0.717, 1.165) is 19.3 Å². The van der Waals surface area contributed by atoms with Gasteiger partial charge in [-0.1, -0.05) is 30.2 Å². The van der Waals surface area contributed by atoms with Crippen molar-refractivity contribution in [2.45, 2.75) is 31.1 Å². The van der Waals surface area contributed by atoms with Crippen LogP contribution < -0.4 is 5.32 Å². The minimum Gasteiger partial charge on any atom is -0.321 e. The van der Waals surface area contributed by atoms with Crippen molar-refractivity contribution in [1.82, 2.24) is 4.31 Å². The molecule has 1 aliphatic rings. The van der Waals surface area contributed by atoms with E-state index in [1.165, 1.54) is 29.4 Å². The molecule has 8 heteroatoms. The Labute approximate surface area is 169 Å². The molecule has 0 saturated carbocycles. The van der Waals surface area contributed by atoms with E-state index in [-0.39, 0.29) is 21.3 Å². The Bertz CT molecular complexity index is 1010. The molecule has 0 spiro atoms. The average Bonchev–Trinajstić information content (AvgIpc) is 2.69. The van der Waals surface area contributed by atoms with Gasteiger partial charge in [0.2, 0.25) is 10.0 Å². The molecule has 1 amide bonds. The highest BCUT2D eigenvalue weighted by Crippen LogP contribution is 2.26. The fraction of sp³-hybridized carbons (Fsp3) is 0.300. The minimum absolute atomic E-state index is 0.0313. The monoisotopic (exact) mass is 420 g/mol. The first-order valence-corrected chi connectivity index (χ1v) is 10.8. The molecule has 0 aromatic heterocycles. The van der Waals surface area contributed by atoms with Crippen molar-refractivity contribution in [3.05, 3.63) is 58.6 Å². The lowest BCUT2D eigenvalue weighted by Crippen LogP contribution is -2.35. The Morgan fingerprint density at radius 3 is 2.36 bits per heavy atom. The van der Waals surface area contributed by atoms with Crippen LogP contribution in [0.1, 0.15) is 46.9 Å². The lowest BCUT2D eigenvalue weighted by molar-refractivity contribution is 0.101. The van der Waals surface area contributed by atoms with Crippen molar-refractivity contribution < 1.29 is 18.0 Å². The van der Waals surface area contributed by atoms with Gasteiger partial charge in [-0.25, -0.2) is 8.42 Å². The van der Waals surface area contributed by atoms with E-state index in [1.54, 1.807) is 24.3 Å². The van der Waals surface area contributed by atoms with E-state index in [2.05, 4.69) is 5.32 Å². The van der Waals surface area contributed by atoms with Gasteiger partial charge in [0.05, 0.1) is 21.2 Å². The number of carbonyl (C=O) groups excluding carboxylic acids is 2. The summed E-state index contributed by atoms with van der Waals surface area (Å²) in [7, 11) is -3.69. The maximum atomic E-state index is 12.9. The van der Waals surface area contributed by atoms with Gasteiger partial charge < -0.3 is 5.32 Å². The van der Waals surface area contributed by atoms with E-state index in [1.807, 2.05) is 0 Å². The first-order chi connectivity index (χ1) is 13.3. The fourth-order valence-corrected chi connectivity index (χ4v) is 4.93. The lowest BCUT2D eigenvalue weighted by atomic mass is 10.1. The molecular weight excluding hydrogens is 400 g/mol. The van der Waals surface area contributed by atoms with E-state index in [9.17, 15) is 18.0 Å².